The Bertz CT molecular complexity index is 342. The third-order valence-electron chi connectivity index (χ3n) is 2.20. The molecule has 0 aliphatic heterocycles. The van der Waals surface area contributed by atoms with Crippen molar-refractivity contribution in [2.75, 3.05) is 31.0 Å². The first-order chi connectivity index (χ1) is 8.27. The number of hydrogen-bond acceptors (Lipinski definition) is 6. The van der Waals surface area contributed by atoms with E-state index in [-0.39, 0.29) is 5.97 Å². The third-order valence-corrected chi connectivity index (χ3v) is 3.70. The number of carbonyl (C=O) groups is 1. The van der Waals surface area contributed by atoms with E-state index >= 15 is 0 Å². The first kappa shape index (κ1) is 14.3. The van der Waals surface area contributed by atoms with Crippen LogP contribution < -0.4 is 5.32 Å². The summed E-state index contributed by atoms with van der Waals surface area (Å²) < 4.78 is 4.59. The smallest absolute Gasteiger partial charge is 0.357 e. The maximum atomic E-state index is 11.2. The summed E-state index contributed by atoms with van der Waals surface area (Å²) >= 11 is 3.32. The fraction of sp³-hybridized carbons (Fsp3) is 0.636. The van der Waals surface area contributed by atoms with Gasteiger partial charge in [0.15, 0.2) is 10.8 Å². The fourth-order valence-corrected chi connectivity index (χ4v) is 2.50. The molecule has 0 radical (unpaired) electrons. The molecular formula is C11H18N2O2S2. The predicted octanol–water partition coefficient (Wildman–Crippen LogP) is 2.87. The van der Waals surface area contributed by atoms with Crippen molar-refractivity contribution in [1.82, 2.24) is 4.98 Å². The summed E-state index contributed by atoms with van der Waals surface area (Å²) in [7, 11) is 1.36. The molecule has 0 saturated carbocycles. The van der Waals surface area contributed by atoms with Gasteiger partial charge in [-0.1, -0.05) is 6.42 Å². The van der Waals surface area contributed by atoms with Crippen LogP contribution in [-0.4, -0.2) is 36.6 Å². The predicted molar refractivity (Wildman–Crippen MR) is 74.2 cm³/mol. The molecule has 0 saturated heterocycles. The summed E-state index contributed by atoms with van der Waals surface area (Å²) in [6.45, 7) is 0.905. The van der Waals surface area contributed by atoms with E-state index < -0.39 is 0 Å². The number of nitrogens with zero attached hydrogens (tertiary/aromatic N) is 1. The molecule has 96 valence electrons. The van der Waals surface area contributed by atoms with Crippen molar-refractivity contribution >= 4 is 34.2 Å². The van der Waals surface area contributed by atoms with E-state index in [9.17, 15) is 4.79 Å². The van der Waals surface area contributed by atoms with E-state index in [1.54, 1.807) is 5.38 Å². The molecule has 0 spiro atoms. The lowest BCUT2D eigenvalue weighted by atomic mass is 10.2. The molecule has 0 aliphatic rings. The van der Waals surface area contributed by atoms with Gasteiger partial charge < -0.3 is 10.1 Å². The van der Waals surface area contributed by atoms with Gasteiger partial charge in [0.2, 0.25) is 0 Å². The van der Waals surface area contributed by atoms with Gasteiger partial charge in [-0.2, -0.15) is 11.8 Å². The molecular weight excluding hydrogens is 256 g/mol. The Morgan fingerprint density at radius 1 is 1.53 bits per heavy atom. The molecule has 0 aromatic carbocycles. The highest BCUT2D eigenvalue weighted by molar-refractivity contribution is 7.98. The minimum Gasteiger partial charge on any atom is -0.464 e. The van der Waals surface area contributed by atoms with E-state index in [1.165, 1.54) is 37.0 Å². The van der Waals surface area contributed by atoms with Crippen LogP contribution in [0.15, 0.2) is 5.38 Å². The summed E-state index contributed by atoms with van der Waals surface area (Å²) in [4.78, 5) is 15.3. The van der Waals surface area contributed by atoms with E-state index in [2.05, 4.69) is 21.3 Å². The number of ether oxygens (including phenoxy) is 1. The Morgan fingerprint density at radius 2 is 2.35 bits per heavy atom. The normalized spacial score (nSPS) is 10.2. The number of anilines is 1. The quantitative estimate of drug-likeness (QED) is 0.583. The molecule has 17 heavy (non-hydrogen) atoms. The molecule has 1 aromatic heterocycles. The highest BCUT2D eigenvalue weighted by Crippen LogP contribution is 2.16. The molecule has 1 rings (SSSR count). The summed E-state index contributed by atoms with van der Waals surface area (Å²) in [5, 5.41) is 5.71. The highest BCUT2D eigenvalue weighted by atomic mass is 32.2. The van der Waals surface area contributed by atoms with Crippen molar-refractivity contribution in [2.24, 2.45) is 0 Å². The molecule has 1 aromatic rings. The summed E-state index contributed by atoms with van der Waals surface area (Å²) in [6.07, 6.45) is 5.74. The second-order valence-electron chi connectivity index (χ2n) is 3.51. The van der Waals surface area contributed by atoms with Crippen LogP contribution in [0.3, 0.4) is 0 Å². The largest absolute Gasteiger partial charge is 0.464 e. The Morgan fingerprint density at radius 3 is 3.06 bits per heavy atom. The molecule has 0 aliphatic carbocycles. The Kier molecular flexibility index (Phi) is 7.04. The van der Waals surface area contributed by atoms with Crippen molar-refractivity contribution in [1.29, 1.82) is 0 Å². The average Bonchev–Trinajstić information content (AvgIpc) is 2.81. The van der Waals surface area contributed by atoms with Crippen LogP contribution in [0.25, 0.3) is 0 Å². The van der Waals surface area contributed by atoms with Crippen LogP contribution in [0.4, 0.5) is 5.13 Å². The van der Waals surface area contributed by atoms with Gasteiger partial charge in [0.05, 0.1) is 7.11 Å². The van der Waals surface area contributed by atoms with Gasteiger partial charge in [-0.05, 0) is 24.9 Å². The number of hydrogen-bond donors (Lipinski definition) is 1. The Labute approximate surface area is 110 Å². The molecule has 0 bridgehead atoms. The van der Waals surface area contributed by atoms with E-state index in [4.69, 9.17) is 0 Å². The molecule has 1 N–H and O–H groups in total. The molecule has 1 heterocycles. The number of rotatable bonds is 8. The van der Waals surface area contributed by atoms with Gasteiger partial charge in [-0.25, -0.2) is 9.78 Å². The van der Waals surface area contributed by atoms with Crippen molar-refractivity contribution in [2.45, 2.75) is 19.3 Å². The second kappa shape index (κ2) is 8.36. The number of esters is 1. The molecule has 0 unspecified atom stereocenters. The van der Waals surface area contributed by atoms with Crippen LogP contribution in [0, 0.1) is 0 Å². The summed E-state index contributed by atoms with van der Waals surface area (Å²) in [5.74, 6) is 0.846. The Hall–Kier alpha value is -0.750. The first-order valence-electron chi connectivity index (χ1n) is 5.54. The SMILES string of the molecule is COC(=O)c1csc(NCCCCCSC)n1. The minimum atomic E-state index is -0.380. The molecule has 0 atom stereocenters. The van der Waals surface area contributed by atoms with E-state index in [0.29, 0.717) is 5.69 Å². The summed E-state index contributed by atoms with van der Waals surface area (Å²) in [5.41, 5.74) is 0.377. The number of carbonyl (C=O) groups excluding carboxylic acids is 1. The summed E-state index contributed by atoms with van der Waals surface area (Å²) in [6, 6.07) is 0. The average molecular weight is 274 g/mol. The van der Waals surface area contributed by atoms with Crippen LogP contribution >= 0.6 is 23.1 Å². The lowest BCUT2D eigenvalue weighted by Gasteiger charge is -2.01. The second-order valence-corrected chi connectivity index (χ2v) is 5.35. The van der Waals surface area contributed by atoms with Crippen LogP contribution in [0.5, 0.6) is 0 Å². The van der Waals surface area contributed by atoms with Crippen molar-refractivity contribution in [3.8, 4) is 0 Å². The molecule has 4 nitrogen and oxygen atoms in total. The topological polar surface area (TPSA) is 51.2 Å². The van der Waals surface area contributed by atoms with Crippen LogP contribution in [0.2, 0.25) is 0 Å². The van der Waals surface area contributed by atoms with Crippen molar-refractivity contribution in [3.05, 3.63) is 11.1 Å². The lowest BCUT2D eigenvalue weighted by Crippen LogP contribution is -2.04. The number of nitrogens with one attached hydrogen (secondary N) is 1. The monoisotopic (exact) mass is 274 g/mol. The van der Waals surface area contributed by atoms with Gasteiger partial charge in [-0.3, -0.25) is 0 Å². The van der Waals surface area contributed by atoms with Crippen molar-refractivity contribution < 1.29 is 9.53 Å². The molecule has 0 amide bonds. The van der Waals surface area contributed by atoms with E-state index in [0.717, 1.165) is 18.1 Å². The number of methoxy groups -OCH3 is 1. The van der Waals surface area contributed by atoms with Gasteiger partial charge >= 0.3 is 5.97 Å². The van der Waals surface area contributed by atoms with Gasteiger partial charge in [0, 0.05) is 11.9 Å². The Balaban J connectivity index is 2.19. The number of aromatic nitrogens is 1. The van der Waals surface area contributed by atoms with Crippen molar-refractivity contribution in [3.63, 3.8) is 0 Å². The van der Waals surface area contributed by atoms with Crippen LogP contribution in [0.1, 0.15) is 29.8 Å². The van der Waals surface area contributed by atoms with Gasteiger partial charge in [0.25, 0.3) is 0 Å². The van der Waals surface area contributed by atoms with Gasteiger partial charge in [0.1, 0.15) is 0 Å². The third kappa shape index (κ3) is 5.41. The maximum absolute atomic E-state index is 11.2. The number of thiazole rings is 1. The molecule has 6 heteroatoms. The zero-order chi connectivity index (χ0) is 12.5. The molecule has 0 fully saturated rings. The minimum absolute atomic E-state index is 0.377. The number of unbranched alkanes of at least 4 members (excludes halogenated alkanes) is 2. The standard InChI is InChI=1S/C11H18N2O2S2/c1-15-10(14)9-8-17-11(13-9)12-6-4-3-5-7-16-2/h8H,3-7H2,1-2H3,(H,12,13). The highest BCUT2D eigenvalue weighted by Gasteiger charge is 2.09. The maximum Gasteiger partial charge on any atom is 0.357 e. The first-order valence-corrected chi connectivity index (χ1v) is 7.82. The zero-order valence-electron chi connectivity index (χ0n) is 10.2. The lowest BCUT2D eigenvalue weighted by molar-refractivity contribution is 0.0595. The fourth-order valence-electron chi connectivity index (χ4n) is 1.30. The number of thioether (sulfide) groups is 1. The van der Waals surface area contributed by atoms with Crippen LogP contribution in [-0.2, 0) is 4.74 Å². The van der Waals surface area contributed by atoms with E-state index in [1.807, 2.05) is 11.8 Å². The zero-order valence-corrected chi connectivity index (χ0v) is 11.8. The van der Waals surface area contributed by atoms with Gasteiger partial charge in [-0.15, -0.1) is 11.3 Å².